The summed E-state index contributed by atoms with van der Waals surface area (Å²) in [7, 11) is 3.23. The molecular formula is C13H27N3O5. The van der Waals surface area contributed by atoms with Crippen molar-refractivity contribution in [1.29, 1.82) is 0 Å². The van der Waals surface area contributed by atoms with Crippen molar-refractivity contribution in [2.45, 2.75) is 45.7 Å². The Kier molecular flexibility index (Phi) is 12.7. The second-order valence-corrected chi connectivity index (χ2v) is 4.83. The van der Waals surface area contributed by atoms with Gasteiger partial charge in [0, 0.05) is 0 Å². The van der Waals surface area contributed by atoms with Crippen LogP contribution in [0, 0.1) is 5.92 Å². The molecule has 5 N–H and O–H groups in total. The van der Waals surface area contributed by atoms with Gasteiger partial charge in [-0.15, -0.1) is 0 Å². The number of aliphatic carboxylic acids is 2. The van der Waals surface area contributed by atoms with Gasteiger partial charge in [-0.05, 0) is 32.9 Å². The van der Waals surface area contributed by atoms with Crippen LogP contribution < -0.4 is 16.2 Å². The monoisotopic (exact) mass is 305 g/mol. The smallest absolute Gasteiger partial charge is 0.373 e. The summed E-state index contributed by atoms with van der Waals surface area (Å²) in [4.78, 5) is 31.2. The molecule has 2 atom stereocenters. The van der Waals surface area contributed by atoms with Crippen LogP contribution in [0.5, 0.6) is 0 Å². The van der Waals surface area contributed by atoms with Gasteiger partial charge in [0.2, 0.25) is 0 Å². The second kappa shape index (κ2) is 12.2. The second-order valence-electron chi connectivity index (χ2n) is 4.83. The standard InChI is InChI=1S/C7H16N2O2.C6H11NO3/c1-5(2)4-6(7(10)11)9-8-3;1-3-4(7-2)5(8)6(9)10/h5-6,8-9H,4H2,1-3H3,(H,10,11);4,7H,3H2,1-2H3,(H,9,10)/t6-;/m0./s1. The van der Waals surface area contributed by atoms with E-state index in [2.05, 4.69) is 16.2 Å². The van der Waals surface area contributed by atoms with E-state index in [0.717, 1.165) is 0 Å². The highest BCUT2D eigenvalue weighted by molar-refractivity contribution is 6.34. The fourth-order valence-electron chi connectivity index (χ4n) is 1.54. The zero-order valence-electron chi connectivity index (χ0n) is 13.3. The van der Waals surface area contributed by atoms with Crippen LogP contribution in [0.1, 0.15) is 33.6 Å². The van der Waals surface area contributed by atoms with Gasteiger partial charge in [-0.1, -0.05) is 20.8 Å². The molecule has 0 aromatic carbocycles. The van der Waals surface area contributed by atoms with Gasteiger partial charge in [0.25, 0.3) is 5.78 Å². The maximum atomic E-state index is 10.6. The van der Waals surface area contributed by atoms with E-state index in [-0.39, 0.29) is 0 Å². The van der Waals surface area contributed by atoms with Gasteiger partial charge in [0.05, 0.1) is 6.04 Å². The number of carbonyl (C=O) groups excluding carboxylic acids is 1. The molecule has 0 aromatic heterocycles. The normalized spacial score (nSPS) is 13.0. The van der Waals surface area contributed by atoms with Gasteiger partial charge in [0.15, 0.2) is 0 Å². The molecule has 0 amide bonds. The first-order valence-electron chi connectivity index (χ1n) is 6.80. The number of carboxylic acid groups (broad SMARTS) is 2. The molecule has 0 aromatic rings. The zero-order chi connectivity index (χ0) is 17.0. The lowest BCUT2D eigenvalue weighted by molar-refractivity contribution is -0.150. The third kappa shape index (κ3) is 10.9. The molecule has 0 bridgehead atoms. The largest absolute Gasteiger partial charge is 0.480 e. The molecule has 0 aliphatic rings. The van der Waals surface area contributed by atoms with E-state index in [1.165, 1.54) is 0 Å². The Morgan fingerprint density at radius 1 is 1.05 bits per heavy atom. The number of Topliss-reactive ketones (excluding diaryl/α,β-unsaturated/α-hetero) is 1. The van der Waals surface area contributed by atoms with Crippen LogP contribution >= 0.6 is 0 Å². The molecule has 0 saturated heterocycles. The number of carbonyl (C=O) groups is 3. The van der Waals surface area contributed by atoms with Crippen LogP contribution in [-0.4, -0.2) is 54.1 Å². The molecule has 8 heteroatoms. The van der Waals surface area contributed by atoms with Gasteiger partial charge in [0.1, 0.15) is 6.04 Å². The van der Waals surface area contributed by atoms with Crippen LogP contribution in [0.25, 0.3) is 0 Å². The first-order valence-corrected chi connectivity index (χ1v) is 6.80. The van der Waals surface area contributed by atoms with E-state index in [1.54, 1.807) is 21.0 Å². The minimum Gasteiger partial charge on any atom is -0.480 e. The van der Waals surface area contributed by atoms with Crippen LogP contribution in [0.2, 0.25) is 0 Å². The van der Waals surface area contributed by atoms with Crippen LogP contribution in [0.15, 0.2) is 0 Å². The first kappa shape index (κ1) is 21.8. The topological polar surface area (TPSA) is 128 Å². The van der Waals surface area contributed by atoms with Crippen molar-refractivity contribution in [1.82, 2.24) is 16.2 Å². The molecule has 0 rings (SSSR count). The summed E-state index contributed by atoms with van der Waals surface area (Å²) in [6.45, 7) is 5.74. The van der Waals surface area contributed by atoms with Crippen molar-refractivity contribution in [3.8, 4) is 0 Å². The third-order valence-corrected chi connectivity index (χ3v) is 2.61. The van der Waals surface area contributed by atoms with Crippen LogP contribution in [0.3, 0.4) is 0 Å². The predicted molar refractivity (Wildman–Crippen MR) is 78.9 cm³/mol. The molecule has 0 aliphatic heterocycles. The number of nitrogens with one attached hydrogen (secondary N) is 3. The summed E-state index contributed by atoms with van der Waals surface area (Å²) < 4.78 is 0. The summed E-state index contributed by atoms with van der Waals surface area (Å²) in [5.41, 5.74) is 5.29. The Morgan fingerprint density at radius 3 is 1.76 bits per heavy atom. The van der Waals surface area contributed by atoms with E-state index in [9.17, 15) is 14.4 Å². The van der Waals surface area contributed by atoms with Gasteiger partial charge in [-0.25, -0.2) is 10.2 Å². The molecule has 21 heavy (non-hydrogen) atoms. The quantitative estimate of drug-likeness (QED) is 0.294. The van der Waals surface area contributed by atoms with Crippen LogP contribution in [-0.2, 0) is 14.4 Å². The third-order valence-electron chi connectivity index (χ3n) is 2.61. The molecule has 0 saturated carbocycles. The number of hydrogen-bond donors (Lipinski definition) is 5. The van der Waals surface area contributed by atoms with Gasteiger partial charge in [-0.2, -0.15) is 0 Å². The molecule has 0 aliphatic carbocycles. The maximum absolute atomic E-state index is 10.6. The Bertz CT molecular complexity index is 330. The lowest BCUT2D eigenvalue weighted by Crippen LogP contribution is -2.44. The van der Waals surface area contributed by atoms with Crippen molar-refractivity contribution in [2.24, 2.45) is 5.92 Å². The molecule has 8 nitrogen and oxygen atoms in total. The summed E-state index contributed by atoms with van der Waals surface area (Å²) in [6, 6.07) is -1.03. The Balaban J connectivity index is 0. The molecular weight excluding hydrogens is 278 g/mol. The Hall–Kier alpha value is -1.51. The summed E-state index contributed by atoms with van der Waals surface area (Å²) in [5.74, 6) is -2.57. The molecule has 0 heterocycles. The van der Waals surface area contributed by atoms with Crippen LogP contribution in [0.4, 0.5) is 0 Å². The molecule has 0 spiro atoms. The Labute approximate surface area is 125 Å². The summed E-state index contributed by atoms with van der Waals surface area (Å²) in [5, 5.41) is 19.5. The van der Waals surface area contributed by atoms with Crippen molar-refractivity contribution < 1.29 is 24.6 Å². The lowest BCUT2D eigenvalue weighted by atomic mass is 10.0. The Morgan fingerprint density at radius 2 is 1.57 bits per heavy atom. The number of ketones is 1. The first-order chi connectivity index (χ1) is 9.70. The van der Waals surface area contributed by atoms with Crippen molar-refractivity contribution in [2.75, 3.05) is 14.1 Å². The molecule has 0 radical (unpaired) electrons. The van der Waals surface area contributed by atoms with Crippen molar-refractivity contribution in [3.05, 3.63) is 0 Å². The minimum absolute atomic E-state index is 0.386. The molecule has 124 valence electrons. The van der Waals surface area contributed by atoms with E-state index in [1.807, 2.05) is 13.8 Å². The van der Waals surface area contributed by atoms with E-state index in [0.29, 0.717) is 18.8 Å². The van der Waals surface area contributed by atoms with Gasteiger partial charge in [-0.3, -0.25) is 15.0 Å². The molecule has 1 unspecified atom stereocenters. The van der Waals surface area contributed by atoms with E-state index in [4.69, 9.17) is 10.2 Å². The van der Waals surface area contributed by atoms with Gasteiger partial charge >= 0.3 is 11.9 Å². The number of rotatable bonds is 9. The van der Waals surface area contributed by atoms with E-state index >= 15 is 0 Å². The number of hydrogen-bond acceptors (Lipinski definition) is 6. The highest BCUT2D eigenvalue weighted by atomic mass is 16.4. The zero-order valence-corrected chi connectivity index (χ0v) is 13.3. The fourth-order valence-corrected chi connectivity index (χ4v) is 1.54. The molecule has 0 fully saturated rings. The van der Waals surface area contributed by atoms with E-state index < -0.39 is 29.8 Å². The number of likely N-dealkylation sites (N-methyl/N-ethyl adjacent to an activating group) is 1. The SMILES string of the molecule is CCC(NC)C(=O)C(=O)O.CNN[C@@H](CC(C)C)C(=O)O. The lowest BCUT2D eigenvalue weighted by Gasteiger charge is -2.14. The summed E-state index contributed by atoms with van der Waals surface area (Å²) in [6.07, 6.45) is 1.14. The fraction of sp³-hybridized carbons (Fsp3) is 0.769. The maximum Gasteiger partial charge on any atom is 0.373 e. The number of hydrazine groups is 1. The highest BCUT2D eigenvalue weighted by Gasteiger charge is 2.20. The van der Waals surface area contributed by atoms with Crippen molar-refractivity contribution in [3.63, 3.8) is 0 Å². The summed E-state index contributed by atoms with van der Waals surface area (Å²) >= 11 is 0. The highest BCUT2D eigenvalue weighted by Crippen LogP contribution is 2.03. The van der Waals surface area contributed by atoms with Gasteiger partial charge < -0.3 is 15.5 Å². The van der Waals surface area contributed by atoms with Crippen molar-refractivity contribution >= 4 is 17.7 Å². The average molecular weight is 305 g/mol. The number of carboxylic acids is 2. The average Bonchev–Trinajstić information content (AvgIpc) is 2.39. The predicted octanol–water partition coefficient (Wildman–Crippen LogP) is -0.152. The minimum atomic E-state index is -1.37.